The lowest BCUT2D eigenvalue weighted by Gasteiger charge is -2.07. The second-order valence-corrected chi connectivity index (χ2v) is 5.59. The van der Waals surface area contributed by atoms with Gasteiger partial charge in [0.15, 0.2) is 6.61 Å². The van der Waals surface area contributed by atoms with Gasteiger partial charge >= 0.3 is 5.97 Å². The molecule has 2 rings (SSSR count). The number of para-hydroxylation sites is 1. The second kappa shape index (κ2) is 9.35. The summed E-state index contributed by atoms with van der Waals surface area (Å²) >= 11 is 5.78. The van der Waals surface area contributed by atoms with E-state index in [1.807, 2.05) is 0 Å². The minimum Gasteiger partial charge on any atom is -0.496 e. The number of hydrogen-bond acceptors (Lipinski definition) is 6. The highest BCUT2D eigenvalue weighted by Gasteiger charge is 2.16. The number of carbonyl (C=O) groups excluding carboxylic acids is 2. The summed E-state index contributed by atoms with van der Waals surface area (Å²) < 4.78 is 9.97. The lowest BCUT2D eigenvalue weighted by atomic mass is 10.2. The Bertz CT molecular complexity index is 897. The number of amides is 1. The maximum absolute atomic E-state index is 11.9. The van der Waals surface area contributed by atoms with Gasteiger partial charge in [-0.3, -0.25) is 14.9 Å². The van der Waals surface area contributed by atoms with Crippen LogP contribution in [0.2, 0.25) is 5.02 Å². The normalized spacial score (nSPS) is 10.4. The van der Waals surface area contributed by atoms with Crippen LogP contribution >= 0.6 is 11.6 Å². The highest BCUT2D eigenvalue weighted by molar-refractivity contribution is 6.31. The summed E-state index contributed by atoms with van der Waals surface area (Å²) in [6.45, 7) is -0.612. The molecular weight excluding hydrogens is 376 g/mol. The summed E-state index contributed by atoms with van der Waals surface area (Å²) in [5.74, 6) is -0.913. The van der Waals surface area contributed by atoms with E-state index in [1.165, 1.54) is 31.4 Å². The van der Waals surface area contributed by atoms with Crippen LogP contribution in [0.4, 0.5) is 11.4 Å². The Morgan fingerprint density at radius 2 is 2.00 bits per heavy atom. The number of rotatable bonds is 7. The molecule has 8 nitrogen and oxygen atoms in total. The van der Waals surface area contributed by atoms with Crippen LogP contribution in [0, 0.1) is 10.1 Å². The van der Waals surface area contributed by atoms with Crippen molar-refractivity contribution < 1.29 is 24.0 Å². The van der Waals surface area contributed by atoms with Crippen LogP contribution in [0.1, 0.15) is 5.56 Å². The van der Waals surface area contributed by atoms with Gasteiger partial charge in [-0.15, -0.1) is 0 Å². The SMILES string of the molecule is COc1ccccc1/C=C/C(=O)OCC(=O)Nc1cc(Cl)ccc1[N+](=O)[O-]. The van der Waals surface area contributed by atoms with Crippen molar-refractivity contribution in [1.29, 1.82) is 0 Å². The summed E-state index contributed by atoms with van der Waals surface area (Å²) in [5.41, 5.74) is 0.254. The van der Waals surface area contributed by atoms with Crippen molar-refractivity contribution in [2.45, 2.75) is 0 Å². The van der Waals surface area contributed by atoms with Crippen molar-refractivity contribution in [2.75, 3.05) is 19.0 Å². The van der Waals surface area contributed by atoms with Crippen LogP contribution in [0.5, 0.6) is 5.75 Å². The van der Waals surface area contributed by atoms with E-state index in [0.717, 1.165) is 6.08 Å². The molecule has 0 unspecified atom stereocenters. The van der Waals surface area contributed by atoms with Crippen molar-refractivity contribution in [3.05, 3.63) is 69.2 Å². The number of anilines is 1. The van der Waals surface area contributed by atoms with Gasteiger partial charge in [-0.2, -0.15) is 0 Å². The Balaban J connectivity index is 1.94. The molecular formula is C18H15ClN2O6. The van der Waals surface area contributed by atoms with E-state index >= 15 is 0 Å². The lowest BCUT2D eigenvalue weighted by molar-refractivity contribution is -0.383. The molecule has 0 atom stereocenters. The number of nitrogens with zero attached hydrogens (tertiary/aromatic N) is 1. The van der Waals surface area contributed by atoms with Crippen molar-refractivity contribution in [3.63, 3.8) is 0 Å². The fourth-order valence-electron chi connectivity index (χ4n) is 2.10. The monoisotopic (exact) mass is 390 g/mol. The predicted molar refractivity (Wildman–Crippen MR) is 99.7 cm³/mol. The summed E-state index contributed by atoms with van der Waals surface area (Å²) in [5, 5.41) is 13.5. The van der Waals surface area contributed by atoms with Crippen molar-refractivity contribution in [1.82, 2.24) is 0 Å². The molecule has 0 aliphatic rings. The first-order valence-corrected chi connectivity index (χ1v) is 8.00. The second-order valence-electron chi connectivity index (χ2n) is 5.15. The molecule has 1 N–H and O–H groups in total. The topological polar surface area (TPSA) is 108 Å². The van der Waals surface area contributed by atoms with Gasteiger partial charge in [-0.25, -0.2) is 4.79 Å². The Hall–Kier alpha value is -3.39. The first kappa shape index (κ1) is 19.9. The van der Waals surface area contributed by atoms with Crippen LogP contribution < -0.4 is 10.1 Å². The third-order valence-electron chi connectivity index (χ3n) is 3.31. The smallest absolute Gasteiger partial charge is 0.331 e. The third-order valence-corrected chi connectivity index (χ3v) is 3.55. The number of hydrogen-bond donors (Lipinski definition) is 1. The maximum atomic E-state index is 11.9. The molecule has 27 heavy (non-hydrogen) atoms. The summed E-state index contributed by atoms with van der Waals surface area (Å²) in [6, 6.07) is 10.8. The average molecular weight is 391 g/mol. The Morgan fingerprint density at radius 1 is 1.26 bits per heavy atom. The van der Waals surface area contributed by atoms with Crippen LogP contribution in [0.3, 0.4) is 0 Å². The highest BCUT2D eigenvalue weighted by atomic mass is 35.5. The number of nitrogens with one attached hydrogen (secondary N) is 1. The molecule has 1 amide bonds. The van der Waals surface area contributed by atoms with Crippen LogP contribution in [0.15, 0.2) is 48.5 Å². The van der Waals surface area contributed by atoms with Gasteiger partial charge in [-0.05, 0) is 24.3 Å². The van der Waals surface area contributed by atoms with Crippen LogP contribution in [-0.4, -0.2) is 30.5 Å². The number of methoxy groups -OCH3 is 1. The van der Waals surface area contributed by atoms with Gasteiger partial charge < -0.3 is 14.8 Å². The minimum atomic E-state index is -0.753. The molecule has 140 valence electrons. The molecule has 0 aliphatic carbocycles. The van der Waals surface area contributed by atoms with Crippen molar-refractivity contribution >= 4 is 40.9 Å². The molecule has 0 fully saturated rings. The first-order valence-electron chi connectivity index (χ1n) is 7.62. The zero-order valence-electron chi connectivity index (χ0n) is 14.2. The molecule has 0 saturated carbocycles. The average Bonchev–Trinajstić information content (AvgIpc) is 2.64. The molecule has 0 radical (unpaired) electrons. The third kappa shape index (κ3) is 5.82. The molecule has 2 aromatic carbocycles. The molecule has 0 spiro atoms. The number of carbonyl (C=O) groups is 2. The quantitative estimate of drug-likeness (QED) is 0.336. The van der Waals surface area contributed by atoms with Gasteiger partial charge in [0.25, 0.3) is 11.6 Å². The largest absolute Gasteiger partial charge is 0.496 e. The van der Waals surface area contributed by atoms with E-state index in [-0.39, 0.29) is 16.4 Å². The van der Waals surface area contributed by atoms with E-state index < -0.39 is 23.4 Å². The fourth-order valence-corrected chi connectivity index (χ4v) is 2.27. The van der Waals surface area contributed by atoms with Gasteiger partial charge in [-0.1, -0.05) is 29.8 Å². The van der Waals surface area contributed by atoms with Gasteiger partial charge in [0.1, 0.15) is 11.4 Å². The Labute approximate surface area is 159 Å². The number of nitro benzene ring substituents is 1. The van der Waals surface area contributed by atoms with E-state index in [0.29, 0.717) is 11.3 Å². The maximum Gasteiger partial charge on any atom is 0.331 e. The van der Waals surface area contributed by atoms with Crippen molar-refractivity contribution in [2.24, 2.45) is 0 Å². The number of nitro groups is 1. The highest BCUT2D eigenvalue weighted by Crippen LogP contribution is 2.27. The number of ether oxygens (including phenoxy) is 2. The van der Waals surface area contributed by atoms with E-state index in [1.54, 1.807) is 24.3 Å². The van der Waals surface area contributed by atoms with E-state index in [2.05, 4.69) is 5.32 Å². The number of benzene rings is 2. The van der Waals surface area contributed by atoms with Gasteiger partial charge in [0.2, 0.25) is 0 Å². The van der Waals surface area contributed by atoms with E-state index in [4.69, 9.17) is 21.1 Å². The molecule has 9 heteroatoms. The fraction of sp³-hybridized carbons (Fsp3) is 0.111. The Morgan fingerprint density at radius 3 is 2.70 bits per heavy atom. The summed E-state index contributed by atoms with van der Waals surface area (Å²) in [7, 11) is 1.50. The van der Waals surface area contributed by atoms with E-state index in [9.17, 15) is 19.7 Å². The number of halogens is 1. The summed E-state index contributed by atoms with van der Waals surface area (Å²) in [6.07, 6.45) is 2.63. The summed E-state index contributed by atoms with van der Waals surface area (Å²) in [4.78, 5) is 33.9. The minimum absolute atomic E-state index is 0.0851. The predicted octanol–water partition coefficient (Wildman–Crippen LogP) is 3.45. The molecule has 0 heterocycles. The molecule has 0 saturated heterocycles. The van der Waals surface area contributed by atoms with Gasteiger partial charge in [0, 0.05) is 22.7 Å². The number of esters is 1. The zero-order valence-corrected chi connectivity index (χ0v) is 14.9. The van der Waals surface area contributed by atoms with Crippen LogP contribution in [0.25, 0.3) is 6.08 Å². The van der Waals surface area contributed by atoms with Crippen molar-refractivity contribution in [3.8, 4) is 5.75 Å². The Kier molecular flexibility index (Phi) is 6.90. The zero-order chi connectivity index (χ0) is 19.8. The standard InChI is InChI=1S/C18H15ClN2O6/c1-26-16-5-3-2-4-12(16)6-9-18(23)27-11-17(22)20-14-10-13(19)7-8-15(14)21(24)25/h2-10H,11H2,1H3,(H,20,22)/b9-6+. The molecule has 0 aliphatic heterocycles. The first-order chi connectivity index (χ1) is 12.9. The molecule has 2 aromatic rings. The van der Waals surface area contributed by atoms with Gasteiger partial charge in [0.05, 0.1) is 12.0 Å². The lowest BCUT2D eigenvalue weighted by Crippen LogP contribution is -2.20. The molecule has 0 bridgehead atoms. The van der Waals surface area contributed by atoms with Crippen LogP contribution in [-0.2, 0) is 14.3 Å². The molecule has 0 aromatic heterocycles.